The van der Waals surface area contributed by atoms with E-state index in [9.17, 15) is 9.00 Å². The molecule has 0 heterocycles. The molecule has 4 heteroatoms. The molecule has 0 N–H and O–H groups in total. The van der Waals surface area contributed by atoms with Crippen LogP contribution in [0, 0.1) is 6.92 Å². The third-order valence-electron chi connectivity index (χ3n) is 2.94. The fourth-order valence-corrected chi connectivity index (χ4v) is 3.25. The van der Waals surface area contributed by atoms with Crippen LogP contribution in [0.15, 0.2) is 48.5 Å². The minimum Gasteiger partial charge on any atom is -0.293 e. The van der Waals surface area contributed by atoms with E-state index in [4.69, 9.17) is 11.6 Å². The van der Waals surface area contributed by atoms with Gasteiger partial charge >= 0.3 is 0 Å². The zero-order valence-electron chi connectivity index (χ0n) is 11.1. The Labute approximate surface area is 126 Å². The van der Waals surface area contributed by atoms with Gasteiger partial charge in [-0.3, -0.25) is 9.00 Å². The Morgan fingerprint density at radius 1 is 1.10 bits per heavy atom. The standard InChI is InChI=1S/C16H15ClO2S/c1-12-6-8-13(9-7-12)16(18)11-20(19)10-14-4-2-3-5-15(14)17/h2-9H,10-11H2,1H3. The van der Waals surface area contributed by atoms with Gasteiger partial charge in [-0.15, -0.1) is 0 Å². The molecule has 0 bridgehead atoms. The van der Waals surface area contributed by atoms with E-state index in [2.05, 4.69) is 0 Å². The fourth-order valence-electron chi connectivity index (χ4n) is 1.81. The van der Waals surface area contributed by atoms with Crippen LogP contribution in [0.3, 0.4) is 0 Å². The van der Waals surface area contributed by atoms with Crippen molar-refractivity contribution in [3.63, 3.8) is 0 Å². The molecule has 104 valence electrons. The van der Waals surface area contributed by atoms with E-state index in [1.165, 1.54) is 0 Å². The molecule has 0 saturated heterocycles. The molecule has 1 atom stereocenters. The van der Waals surface area contributed by atoms with Crippen molar-refractivity contribution in [2.24, 2.45) is 0 Å². The van der Waals surface area contributed by atoms with E-state index < -0.39 is 10.8 Å². The highest BCUT2D eigenvalue weighted by Gasteiger charge is 2.12. The minimum atomic E-state index is -1.25. The number of carbonyl (C=O) groups excluding carboxylic acids is 1. The summed E-state index contributed by atoms with van der Waals surface area (Å²) in [6.45, 7) is 1.96. The van der Waals surface area contributed by atoms with Crippen LogP contribution in [0.1, 0.15) is 21.5 Å². The highest BCUT2D eigenvalue weighted by Crippen LogP contribution is 2.17. The second-order valence-electron chi connectivity index (χ2n) is 4.61. The predicted molar refractivity (Wildman–Crippen MR) is 83.7 cm³/mol. The Morgan fingerprint density at radius 2 is 1.75 bits per heavy atom. The summed E-state index contributed by atoms with van der Waals surface area (Å²) >= 11 is 6.02. The Hall–Kier alpha value is -1.45. The SMILES string of the molecule is Cc1ccc(C(=O)CS(=O)Cc2ccccc2Cl)cc1. The second-order valence-corrected chi connectivity index (χ2v) is 6.47. The summed E-state index contributed by atoms with van der Waals surface area (Å²) in [6, 6.07) is 14.6. The molecule has 0 aromatic heterocycles. The van der Waals surface area contributed by atoms with Crippen LogP contribution < -0.4 is 0 Å². The van der Waals surface area contributed by atoms with Crippen molar-refractivity contribution in [1.29, 1.82) is 0 Å². The van der Waals surface area contributed by atoms with Gasteiger partial charge in [0.2, 0.25) is 0 Å². The number of carbonyl (C=O) groups is 1. The minimum absolute atomic E-state index is 0.0221. The first-order valence-corrected chi connectivity index (χ1v) is 8.11. The van der Waals surface area contributed by atoms with Crippen molar-refractivity contribution in [3.8, 4) is 0 Å². The summed E-state index contributed by atoms with van der Waals surface area (Å²) in [5.41, 5.74) is 2.51. The summed E-state index contributed by atoms with van der Waals surface area (Å²) < 4.78 is 12.0. The van der Waals surface area contributed by atoms with Gasteiger partial charge in [-0.25, -0.2) is 0 Å². The number of halogens is 1. The first-order valence-electron chi connectivity index (χ1n) is 6.24. The molecule has 2 rings (SSSR count). The molecule has 1 unspecified atom stereocenters. The predicted octanol–water partition coefficient (Wildman–Crippen LogP) is 3.78. The first kappa shape index (κ1) is 14.9. The van der Waals surface area contributed by atoms with Crippen LogP contribution in [0.4, 0.5) is 0 Å². The lowest BCUT2D eigenvalue weighted by Crippen LogP contribution is -2.12. The van der Waals surface area contributed by atoms with Crippen molar-refractivity contribution < 1.29 is 9.00 Å². The first-order chi connectivity index (χ1) is 9.56. The Bertz CT molecular complexity index is 635. The maximum atomic E-state index is 12.0. The molecule has 2 aromatic carbocycles. The number of ketones is 1. The molecule has 0 amide bonds. The molecule has 2 nitrogen and oxygen atoms in total. The molecule has 0 aliphatic rings. The fraction of sp³-hybridized carbons (Fsp3) is 0.188. The Morgan fingerprint density at radius 3 is 2.40 bits per heavy atom. The number of hydrogen-bond acceptors (Lipinski definition) is 2. The Balaban J connectivity index is 2.00. The second kappa shape index (κ2) is 6.82. The summed E-state index contributed by atoms with van der Waals surface area (Å²) in [5, 5.41) is 0.587. The largest absolute Gasteiger partial charge is 0.293 e. The van der Waals surface area contributed by atoms with Gasteiger partial charge in [0.15, 0.2) is 5.78 Å². The molecule has 0 spiro atoms. The van der Waals surface area contributed by atoms with Gasteiger partial charge in [-0.1, -0.05) is 59.6 Å². The molecule has 0 aliphatic carbocycles. The quantitative estimate of drug-likeness (QED) is 0.788. The van der Waals surface area contributed by atoms with E-state index in [1.54, 1.807) is 18.2 Å². The molecular formula is C16H15ClO2S. The van der Waals surface area contributed by atoms with Crippen LogP contribution in [0.25, 0.3) is 0 Å². The van der Waals surface area contributed by atoms with Crippen molar-refractivity contribution in [3.05, 3.63) is 70.2 Å². The highest BCUT2D eigenvalue weighted by atomic mass is 35.5. The molecule has 2 aromatic rings. The number of benzene rings is 2. The lowest BCUT2D eigenvalue weighted by molar-refractivity contribution is 0.102. The van der Waals surface area contributed by atoms with E-state index in [1.807, 2.05) is 37.3 Å². The van der Waals surface area contributed by atoms with Gasteiger partial charge in [0.05, 0.1) is 11.5 Å². The summed E-state index contributed by atoms with van der Waals surface area (Å²) in [5.74, 6) is 0.223. The van der Waals surface area contributed by atoms with Gasteiger partial charge in [-0.05, 0) is 18.6 Å². The molecule has 0 radical (unpaired) electrons. The lowest BCUT2D eigenvalue weighted by atomic mass is 10.1. The third-order valence-corrected chi connectivity index (χ3v) is 4.53. The zero-order chi connectivity index (χ0) is 14.5. The van der Waals surface area contributed by atoms with Crippen LogP contribution in [0.2, 0.25) is 5.02 Å². The zero-order valence-corrected chi connectivity index (χ0v) is 12.7. The van der Waals surface area contributed by atoms with Gasteiger partial charge in [0, 0.05) is 21.4 Å². The van der Waals surface area contributed by atoms with Gasteiger partial charge in [0.1, 0.15) is 0 Å². The van der Waals surface area contributed by atoms with Crippen molar-refractivity contribution in [2.45, 2.75) is 12.7 Å². The highest BCUT2D eigenvalue weighted by molar-refractivity contribution is 7.85. The summed E-state index contributed by atoms with van der Waals surface area (Å²) in [7, 11) is -1.25. The van der Waals surface area contributed by atoms with E-state index in [0.717, 1.165) is 11.1 Å². The maximum absolute atomic E-state index is 12.0. The average molecular weight is 307 g/mol. The topological polar surface area (TPSA) is 34.1 Å². The molecule has 0 saturated carbocycles. The smallest absolute Gasteiger partial charge is 0.175 e. The number of rotatable bonds is 5. The molecular weight excluding hydrogens is 292 g/mol. The van der Waals surface area contributed by atoms with E-state index >= 15 is 0 Å². The van der Waals surface area contributed by atoms with Crippen LogP contribution in [-0.4, -0.2) is 15.7 Å². The number of hydrogen-bond donors (Lipinski definition) is 0. The van der Waals surface area contributed by atoms with E-state index in [-0.39, 0.29) is 11.5 Å². The molecule has 20 heavy (non-hydrogen) atoms. The number of Topliss-reactive ketones (excluding diaryl/α,β-unsaturated/α-hetero) is 1. The number of aryl methyl sites for hydroxylation is 1. The maximum Gasteiger partial charge on any atom is 0.175 e. The summed E-state index contributed by atoms with van der Waals surface area (Å²) in [4.78, 5) is 12.0. The molecule has 0 fully saturated rings. The monoisotopic (exact) mass is 306 g/mol. The van der Waals surface area contributed by atoms with Crippen molar-refractivity contribution in [1.82, 2.24) is 0 Å². The van der Waals surface area contributed by atoms with Crippen molar-refractivity contribution in [2.75, 3.05) is 5.75 Å². The van der Waals surface area contributed by atoms with Gasteiger partial charge in [0.25, 0.3) is 0 Å². The normalized spacial score (nSPS) is 12.1. The van der Waals surface area contributed by atoms with Crippen molar-refractivity contribution >= 4 is 28.2 Å². The van der Waals surface area contributed by atoms with Gasteiger partial charge in [-0.2, -0.15) is 0 Å². The van der Waals surface area contributed by atoms with E-state index in [0.29, 0.717) is 16.3 Å². The molecule has 0 aliphatic heterocycles. The average Bonchev–Trinajstić information content (AvgIpc) is 2.42. The summed E-state index contributed by atoms with van der Waals surface area (Å²) in [6.07, 6.45) is 0. The van der Waals surface area contributed by atoms with Gasteiger partial charge < -0.3 is 0 Å². The third kappa shape index (κ3) is 4.02. The Kier molecular flexibility index (Phi) is 5.10. The van der Waals surface area contributed by atoms with Crippen LogP contribution in [-0.2, 0) is 16.6 Å². The van der Waals surface area contributed by atoms with Crippen LogP contribution >= 0.6 is 11.6 Å². The van der Waals surface area contributed by atoms with Crippen LogP contribution in [0.5, 0.6) is 0 Å². The lowest BCUT2D eigenvalue weighted by Gasteiger charge is -2.05.